The molecule has 0 atom stereocenters. The zero-order valence-corrected chi connectivity index (χ0v) is 5.44. The number of rotatable bonds is 0. The van der Waals surface area contributed by atoms with Crippen LogP contribution in [0.2, 0.25) is 0 Å². The van der Waals surface area contributed by atoms with Crippen molar-refractivity contribution >= 4 is 0 Å². The van der Waals surface area contributed by atoms with E-state index in [1.807, 2.05) is 0 Å². The number of nitrogens with zero attached hydrogens (tertiary/aromatic N) is 1. The van der Waals surface area contributed by atoms with Gasteiger partial charge in [0.05, 0.1) is 0 Å². The molecule has 0 aromatic carbocycles. The molecule has 0 bridgehead atoms. The topological polar surface area (TPSA) is 23.8 Å². The quantitative estimate of drug-likeness (QED) is 0.319. The van der Waals surface area contributed by atoms with Crippen LogP contribution in [0.4, 0.5) is 0 Å². The van der Waals surface area contributed by atoms with Gasteiger partial charge in [-0.25, -0.2) is 0 Å². The molecule has 0 amide bonds. The van der Waals surface area contributed by atoms with Gasteiger partial charge in [-0.1, -0.05) is 0 Å². The normalized spacial score (nSPS) is 0.333. The molecule has 0 aromatic rings. The van der Waals surface area contributed by atoms with E-state index in [0.29, 0.717) is 0 Å². The number of halogens is 2. The fourth-order valence-corrected chi connectivity index (χ4v) is 0. The Hall–Kier alpha value is 0.675. The first-order valence-electron chi connectivity index (χ1n) is 0.224. The molecule has 1 nitrogen and oxygen atoms in total. The molecular formula is CF2NPd2+. The standard InChI is InChI=1S/CN.2FH.2Pd/c1-2;;;;/h;2*1H;;/q-1;;;2*+2/p-2. The SMILES string of the molecule is [C-]#N.[F-].[F-].[Pd+2].[Pd+2]. The van der Waals surface area contributed by atoms with E-state index in [1.54, 1.807) is 0 Å². The Morgan fingerprint density at radius 3 is 0.833 bits per heavy atom. The van der Waals surface area contributed by atoms with Crippen LogP contribution in [0.15, 0.2) is 0 Å². The summed E-state index contributed by atoms with van der Waals surface area (Å²) in [5.41, 5.74) is 0. The second-order valence-corrected chi connectivity index (χ2v) is 0. The first-order valence-corrected chi connectivity index (χ1v) is 0.224. The fourth-order valence-electron chi connectivity index (χ4n) is 0. The van der Waals surface area contributed by atoms with Crippen molar-refractivity contribution in [3.8, 4) is 0 Å². The molecule has 0 saturated heterocycles. The van der Waals surface area contributed by atoms with Crippen LogP contribution in [0.3, 0.4) is 0 Å². The molecule has 5 heteroatoms. The molecule has 42 valence electrons. The van der Waals surface area contributed by atoms with Crippen molar-refractivity contribution in [1.29, 1.82) is 5.26 Å². The van der Waals surface area contributed by atoms with Gasteiger partial charge in [0.15, 0.2) is 0 Å². The van der Waals surface area contributed by atoms with E-state index in [4.69, 9.17) is 11.8 Å². The van der Waals surface area contributed by atoms with Crippen LogP contribution in [-0.4, -0.2) is 0 Å². The van der Waals surface area contributed by atoms with Crippen LogP contribution in [0.1, 0.15) is 0 Å². The molecule has 0 spiro atoms. The monoisotopic (exact) mass is 276 g/mol. The van der Waals surface area contributed by atoms with E-state index < -0.39 is 0 Å². The third-order valence-corrected chi connectivity index (χ3v) is 0. The molecule has 0 N–H and O–H groups in total. The zero-order chi connectivity index (χ0) is 2.00. The van der Waals surface area contributed by atoms with Crippen LogP contribution in [0.5, 0.6) is 0 Å². The van der Waals surface area contributed by atoms with Gasteiger partial charge in [0, 0.05) is 0 Å². The Bertz CT molecular complexity index is 16.3. The average Bonchev–Trinajstić information content (AvgIpc) is 1.00. The maximum Gasteiger partial charge on any atom is 2.00 e. The van der Waals surface area contributed by atoms with Crippen molar-refractivity contribution in [2.75, 3.05) is 0 Å². The summed E-state index contributed by atoms with van der Waals surface area (Å²) in [5.74, 6) is 0. The summed E-state index contributed by atoms with van der Waals surface area (Å²) >= 11 is 0. The molecule has 0 aliphatic carbocycles. The Morgan fingerprint density at radius 2 is 0.833 bits per heavy atom. The summed E-state index contributed by atoms with van der Waals surface area (Å²) in [7, 11) is 0. The minimum absolute atomic E-state index is 0. The zero-order valence-electron chi connectivity index (χ0n) is 2.34. The summed E-state index contributed by atoms with van der Waals surface area (Å²) in [5, 5.41) is 6.25. The molecule has 0 aliphatic heterocycles. The van der Waals surface area contributed by atoms with Crippen molar-refractivity contribution in [3.05, 3.63) is 6.57 Å². The van der Waals surface area contributed by atoms with Gasteiger partial charge in [0.25, 0.3) is 0 Å². The number of hydrogen-bond donors (Lipinski definition) is 0. The van der Waals surface area contributed by atoms with Gasteiger partial charge in [0.2, 0.25) is 0 Å². The van der Waals surface area contributed by atoms with Crippen molar-refractivity contribution in [3.63, 3.8) is 0 Å². The van der Waals surface area contributed by atoms with Gasteiger partial charge >= 0.3 is 40.8 Å². The summed E-state index contributed by atoms with van der Waals surface area (Å²) in [4.78, 5) is 0. The molecular weight excluding hydrogens is 277 g/mol. The van der Waals surface area contributed by atoms with Gasteiger partial charge in [-0.2, -0.15) is 0 Å². The van der Waals surface area contributed by atoms with Crippen LogP contribution in [-0.2, 0) is 40.8 Å². The smallest absolute Gasteiger partial charge is 1.00 e. The average molecular weight is 277 g/mol. The van der Waals surface area contributed by atoms with Gasteiger partial charge in [0.1, 0.15) is 0 Å². The Labute approximate surface area is 62.1 Å². The Morgan fingerprint density at radius 1 is 0.833 bits per heavy atom. The molecule has 0 aromatic heterocycles. The van der Waals surface area contributed by atoms with Crippen molar-refractivity contribution < 1.29 is 50.3 Å². The van der Waals surface area contributed by atoms with Crippen LogP contribution >= 0.6 is 0 Å². The van der Waals surface area contributed by atoms with E-state index in [9.17, 15) is 0 Å². The van der Waals surface area contributed by atoms with Crippen LogP contribution in [0, 0.1) is 11.8 Å². The van der Waals surface area contributed by atoms with E-state index in [-0.39, 0.29) is 50.3 Å². The number of hydrogen-bond acceptors (Lipinski definition) is 1. The summed E-state index contributed by atoms with van der Waals surface area (Å²) in [6, 6.07) is 0. The second-order valence-electron chi connectivity index (χ2n) is 0. The van der Waals surface area contributed by atoms with E-state index in [0.717, 1.165) is 0 Å². The minimum Gasteiger partial charge on any atom is -1.00 e. The summed E-state index contributed by atoms with van der Waals surface area (Å²) in [6.45, 7) is 4.75. The maximum absolute atomic E-state index is 6.25. The van der Waals surface area contributed by atoms with Crippen LogP contribution in [0.25, 0.3) is 0 Å². The van der Waals surface area contributed by atoms with E-state index in [1.165, 1.54) is 0 Å². The minimum atomic E-state index is 0. The van der Waals surface area contributed by atoms with Crippen molar-refractivity contribution in [2.45, 2.75) is 0 Å². The fraction of sp³-hybridized carbons (Fsp3) is 0. The first kappa shape index (κ1) is 76.6. The van der Waals surface area contributed by atoms with Crippen LogP contribution < -0.4 is 9.41 Å². The molecule has 0 rings (SSSR count). The second kappa shape index (κ2) is 272. The molecule has 0 aliphatic rings. The van der Waals surface area contributed by atoms with Gasteiger partial charge < -0.3 is 21.2 Å². The third-order valence-electron chi connectivity index (χ3n) is 0. The summed E-state index contributed by atoms with van der Waals surface area (Å²) in [6.07, 6.45) is 0. The van der Waals surface area contributed by atoms with Crippen molar-refractivity contribution in [1.82, 2.24) is 0 Å². The molecule has 0 fully saturated rings. The predicted molar refractivity (Wildman–Crippen MR) is 4.97 cm³/mol. The predicted octanol–water partition coefficient (Wildman–Crippen LogP) is -5.90. The first-order chi connectivity index (χ1) is 1.00. The van der Waals surface area contributed by atoms with E-state index in [2.05, 4.69) is 0 Å². The Kier molecular flexibility index (Phi) is 3480. The largest absolute Gasteiger partial charge is 2.00 e. The Balaban J connectivity index is -0.000000000833. The van der Waals surface area contributed by atoms with Crippen molar-refractivity contribution in [2.24, 2.45) is 0 Å². The molecule has 0 heterocycles. The van der Waals surface area contributed by atoms with Gasteiger partial charge in [-0.15, -0.1) is 0 Å². The molecule has 6 heavy (non-hydrogen) atoms. The van der Waals surface area contributed by atoms with E-state index >= 15 is 0 Å². The maximum atomic E-state index is 6.25. The summed E-state index contributed by atoms with van der Waals surface area (Å²) < 4.78 is 0. The molecule has 0 radical (unpaired) electrons. The third kappa shape index (κ3) is 139. The molecule has 0 unspecified atom stereocenters. The molecule has 0 saturated carbocycles. The van der Waals surface area contributed by atoms with Gasteiger partial charge in [-0.05, 0) is 0 Å². The van der Waals surface area contributed by atoms with Gasteiger partial charge in [-0.3, -0.25) is 0 Å².